The molecule has 1 rings (SSSR count). The van der Waals surface area contributed by atoms with Crippen LogP contribution in [0.1, 0.15) is 49.4 Å². The number of aromatic hydroxyl groups is 3. The number of ether oxygens (including phenoxy) is 1. The van der Waals surface area contributed by atoms with Gasteiger partial charge in [-0.25, -0.2) is 4.79 Å². The number of unbranched alkanes of at least 4 members (excludes halogenated alkanes) is 3. The molecule has 0 fully saturated rings. The number of benzene rings is 1. The van der Waals surface area contributed by atoms with Crippen molar-refractivity contribution in [3.05, 3.63) is 42.5 Å². The molecule has 0 saturated carbocycles. The third kappa shape index (κ3) is 6.06. The molecule has 0 bridgehead atoms. The number of carbonyl (C=O) groups is 1. The summed E-state index contributed by atoms with van der Waals surface area (Å²) in [4.78, 5) is 12.0. The standard InChI is InChI=1S/C18H24O5/c1-3-5-6-7-8-9-10-14(4-2)23-18(22)13-11-15(19)17(21)16(20)12-13/h4,8-9,11-12,14,19-21H,2-3,5-7,10H2,1H3. The number of phenolic OH excluding ortho intramolecular Hbond substituents is 3. The maximum Gasteiger partial charge on any atom is 0.339 e. The molecule has 0 aliphatic rings. The summed E-state index contributed by atoms with van der Waals surface area (Å²) in [5.74, 6) is -2.54. The first kappa shape index (κ1) is 18.6. The minimum atomic E-state index is -0.708. The van der Waals surface area contributed by atoms with Crippen LogP contribution in [0.25, 0.3) is 0 Å². The van der Waals surface area contributed by atoms with Gasteiger partial charge in [0.1, 0.15) is 6.10 Å². The summed E-state index contributed by atoms with van der Waals surface area (Å²) in [6, 6.07) is 2.08. The van der Waals surface area contributed by atoms with Gasteiger partial charge in [0.25, 0.3) is 0 Å². The van der Waals surface area contributed by atoms with Crippen LogP contribution >= 0.6 is 0 Å². The smallest absolute Gasteiger partial charge is 0.339 e. The van der Waals surface area contributed by atoms with E-state index in [1.54, 1.807) is 0 Å². The van der Waals surface area contributed by atoms with Crippen LogP contribution in [0.5, 0.6) is 17.2 Å². The summed E-state index contributed by atoms with van der Waals surface area (Å²) in [6.07, 6.45) is 10.0. The van der Waals surface area contributed by atoms with E-state index in [2.05, 4.69) is 19.6 Å². The average molecular weight is 320 g/mol. The second-order valence-corrected chi connectivity index (χ2v) is 5.25. The molecular formula is C18H24O5. The lowest BCUT2D eigenvalue weighted by Gasteiger charge is -2.13. The Labute approximate surface area is 136 Å². The van der Waals surface area contributed by atoms with Crippen molar-refractivity contribution < 1.29 is 24.9 Å². The Morgan fingerprint density at radius 3 is 2.43 bits per heavy atom. The molecule has 5 heteroatoms. The minimum Gasteiger partial charge on any atom is -0.504 e. The molecule has 0 heterocycles. The topological polar surface area (TPSA) is 87.0 Å². The molecule has 0 aliphatic heterocycles. The second-order valence-electron chi connectivity index (χ2n) is 5.25. The quantitative estimate of drug-likeness (QED) is 0.277. The van der Waals surface area contributed by atoms with Crippen LogP contribution in [0.4, 0.5) is 0 Å². The van der Waals surface area contributed by atoms with Gasteiger partial charge in [-0.3, -0.25) is 0 Å². The van der Waals surface area contributed by atoms with Gasteiger partial charge in [0, 0.05) is 6.42 Å². The molecule has 23 heavy (non-hydrogen) atoms. The Hall–Kier alpha value is -2.43. The van der Waals surface area contributed by atoms with E-state index < -0.39 is 29.3 Å². The van der Waals surface area contributed by atoms with E-state index >= 15 is 0 Å². The van der Waals surface area contributed by atoms with Crippen molar-refractivity contribution in [2.24, 2.45) is 0 Å². The maximum absolute atomic E-state index is 12.0. The molecule has 0 saturated heterocycles. The summed E-state index contributed by atoms with van der Waals surface area (Å²) in [5, 5.41) is 28.1. The number of carbonyl (C=O) groups excluding carboxylic acids is 1. The zero-order chi connectivity index (χ0) is 17.2. The van der Waals surface area contributed by atoms with Gasteiger partial charge in [-0.15, -0.1) is 0 Å². The van der Waals surface area contributed by atoms with E-state index in [0.29, 0.717) is 6.42 Å². The molecular weight excluding hydrogens is 296 g/mol. The fourth-order valence-corrected chi connectivity index (χ4v) is 1.98. The van der Waals surface area contributed by atoms with E-state index in [1.807, 2.05) is 6.08 Å². The molecule has 1 aromatic carbocycles. The Bertz CT molecular complexity index is 540. The molecule has 0 aliphatic carbocycles. The molecule has 0 amide bonds. The van der Waals surface area contributed by atoms with Crippen molar-refractivity contribution >= 4 is 5.97 Å². The highest BCUT2D eigenvalue weighted by molar-refractivity contribution is 5.91. The van der Waals surface area contributed by atoms with E-state index in [4.69, 9.17) is 4.74 Å². The molecule has 5 nitrogen and oxygen atoms in total. The van der Waals surface area contributed by atoms with Gasteiger partial charge in [-0.05, 0) is 25.0 Å². The Kier molecular flexibility index (Phi) is 7.74. The highest BCUT2D eigenvalue weighted by Gasteiger charge is 2.17. The van der Waals surface area contributed by atoms with E-state index in [-0.39, 0.29) is 5.56 Å². The van der Waals surface area contributed by atoms with Crippen molar-refractivity contribution in [3.8, 4) is 17.2 Å². The van der Waals surface area contributed by atoms with Crippen molar-refractivity contribution in [2.75, 3.05) is 0 Å². The highest BCUT2D eigenvalue weighted by Crippen LogP contribution is 2.35. The summed E-state index contributed by atoms with van der Waals surface area (Å²) in [6.45, 7) is 5.78. The molecule has 0 aromatic heterocycles. The molecule has 0 spiro atoms. The largest absolute Gasteiger partial charge is 0.504 e. The first-order chi connectivity index (χ1) is 11.0. The van der Waals surface area contributed by atoms with Crippen molar-refractivity contribution in [1.29, 1.82) is 0 Å². The van der Waals surface area contributed by atoms with Gasteiger partial charge in [-0.1, -0.05) is 44.6 Å². The van der Waals surface area contributed by atoms with Crippen LogP contribution in [0.3, 0.4) is 0 Å². The first-order valence-electron chi connectivity index (χ1n) is 7.73. The van der Waals surface area contributed by atoms with Crippen molar-refractivity contribution in [1.82, 2.24) is 0 Å². The highest BCUT2D eigenvalue weighted by atomic mass is 16.5. The van der Waals surface area contributed by atoms with Gasteiger partial charge in [-0.2, -0.15) is 0 Å². The number of phenols is 3. The summed E-state index contributed by atoms with van der Waals surface area (Å²) < 4.78 is 5.25. The number of hydrogen-bond acceptors (Lipinski definition) is 5. The summed E-state index contributed by atoms with van der Waals surface area (Å²) in [7, 11) is 0. The zero-order valence-electron chi connectivity index (χ0n) is 13.4. The third-order valence-corrected chi connectivity index (χ3v) is 3.34. The van der Waals surface area contributed by atoms with Crippen LogP contribution in [0.2, 0.25) is 0 Å². The molecule has 1 unspecified atom stereocenters. The van der Waals surface area contributed by atoms with Crippen LogP contribution in [-0.2, 0) is 4.74 Å². The molecule has 0 radical (unpaired) electrons. The lowest BCUT2D eigenvalue weighted by Crippen LogP contribution is -2.15. The average Bonchev–Trinajstić information content (AvgIpc) is 2.53. The van der Waals surface area contributed by atoms with E-state index in [0.717, 1.165) is 25.0 Å². The molecule has 1 atom stereocenters. The van der Waals surface area contributed by atoms with Gasteiger partial charge >= 0.3 is 5.97 Å². The normalized spacial score (nSPS) is 12.2. The monoisotopic (exact) mass is 320 g/mol. The molecule has 126 valence electrons. The second kappa shape index (κ2) is 9.56. The van der Waals surface area contributed by atoms with Crippen molar-refractivity contribution in [2.45, 2.75) is 45.1 Å². The van der Waals surface area contributed by atoms with Crippen LogP contribution < -0.4 is 0 Å². The van der Waals surface area contributed by atoms with Crippen LogP contribution in [-0.4, -0.2) is 27.4 Å². The van der Waals surface area contributed by atoms with Gasteiger partial charge in [0.15, 0.2) is 17.2 Å². The van der Waals surface area contributed by atoms with Crippen LogP contribution in [0.15, 0.2) is 36.9 Å². The Balaban J connectivity index is 2.58. The summed E-state index contributed by atoms with van der Waals surface area (Å²) >= 11 is 0. The maximum atomic E-state index is 12.0. The van der Waals surface area contributed by atoms with Crippen molar-refractivity contribution in [3.63, 3.8) is 0 Å². The van der Waals surface area contributed by atoms with Gasteiger partial charge in [0.05, 0.1) is 5.56 Å². The SMILES string of the molecule is C=CC(CC=CCCCCC)OC(=O)c1cc(O)c(O)c(O)c1. The fourth-order valence-electron chi connectivity index (χ4n) is 1.98. The number of rotatable bonds is 9. The van der Waals surface area contributed by atoms with E-state index in [9.17, 15) is 20.1 Å². The lowest BCUT2D eigenvalue weighted by molar-refractivity contribution is 0.0399. The first-order valence-corrected chi connectivity index (χ1v) is 7.73. The Morgan fingerprint density at radius 1 is 1.22 bits per heavy atom. The van der Waals surface area contributed by atoms with Gasteiger partial charge < -0.3 is 20.1 Å². The lowest BCUT2D eigenvalue weighted by atomic mass is 10.1. The third-order valence-electron chi connectivity index (χ3n) is 3.34. The number of allylic oxidation sites excluding steroid dienone is 1. The predicted molar refractivity (Wildman–Crippen MR) is 88.7 cm³/mol. The van der Waals surface area contributed by atoms with Crippen LogP contribution in [0, 0.1) is 0 Å². The molecule has 1 aromatic rings. The summed E-state index contributed by atoms with van der Waals surface area (Å²) in [5.41, 5.74) is -0.0448. The Morgan fingerprint density at radius 2 is 1.87 bits per heavy atom. The van der Waals surface area contributed by atoms with Gasteiger partial charge in [0.2, 0.25) is 0 Å². The number of esters is 1. The van der Waals surface area contributed by atoms with E-state index in [1.165, 1.54) is 18.9 Å². The number of hydrogen-bond donors (Lipinski definition) is 3. The fraction of sp³-hybridized carbons (Fsp3) is 0.389. The minimum absolute atomic E-state index is 0.0448. The zero-order valence-corrected chi connectivity index (χ0v) is 13.4. The predicted octanol–water partition coefficient (Wildman–Crippen LogP) is 4.04. The molecule has 3 N–H and O–H groups in total.